The van der Waals surface area contributed by atoms with Gasteiger partial charge in [0.05, 0.1) is 0 Å². The zero-order valence-electron chi connectivity index (χ0n) is 13.0. The molecule has 0 bridgehead atoms. The van der Waals surface area contributed by atoms with Crippen LogP contribution in [0.3, 0.4) is 0 Å². The molecule has 0 amide bonds. The highest BCUT2D eigenvalue weighted by atomic mass is 19.1. The van der Waals surface area contributed by atoms with E-state index in [-0.39, 0.29) is 0 Å². The minimum Gasteiger partial charge on any atom is -0.299 e. The first-order valence-corrected chi connectivity index (χ1v) is 7.41. The maximum absolute atomic E-state index is 14.0. The number of hydrogen-bond acceptors (Lipinski definition) is 1. The number of halogens is 1. The molecule has 0 aliphatic rings. The van der Waals surface area contributed by atoms with Gasteiger partial charge >= 0.3 is 0 Å². The van der Waals surface area contributed by atoms with E-state index in [0.717, 1.165) is 44.5 Å². The second-order valence-corrected chi connectivity index (χ2v) is 5.76. The molecule has 1 nitrogen and oxygen atoms in total. The molecular formula is C18H26FN. The first-order chi connectivity index (χ1) is 9.47. The number of terminal acetylenes is 1. The van der Waals surface area contributed by atoms with Gasteiger partial charge in [0.1, 0.15) is 5.67 Å². The van der Waals surface area contributed by atoms with E-state index in [9.17, 15) is 4.39 Å². The van der Waals surface area contributed by atoms with Crippen molar-refractivity contribution in [3.05, 3.63) is 35.4 Å². The van der Waals surface area contributed by atoms with Gasteiger partial charge in [0.25, 0.3) is 0 Å². The van der Waals surface area contributed by atoms with E-state index in [1.54, 1.807) is 13.8 Å². The normalized spacial score (nSPS) is 11.6. The molecule has 2 heteroatoms. The zero-order valence-corrected chi connectivity index (χ0v) is 13.0. The molecule has 0 saturated carbocycles. The van der Waals surface area contributed by atoms with Crippen LogP contribution in [-0.2, 0) is 12.2 Å². The predicted molar refractivity (Wildman–Crippen MR) is 84.2 cm³/mol. The van der Waals surface area contributed by atoms with E-state index in [1.165, 1.54) is 5.56 Å². The third-order valence-corrected chi connectivity index (χ3v) is 3.35. The van der Waals surface area contributed by atoms with Crippen molar-refractivity contribution >= 4 is 0 Å². The molecule has 0 aromatic heterocycles. The molecule has 0 unspecified atom stereocenters. The first-order valence-electron chi connectivity index (χ1n) is 7.41. The SMILES string of the molecule is C#CCCCN(CCC)Cc1cccc(C(C)(C)F)c1. The maximum Gasteiger partial charge on any atom is 0.130 e. The minimum atomic E-state index is -1.28. The van der Waals surface area contributed by atoms with Crippen LogP contribution in [0.1, 0.15) is 51.2 Å². The van der Waals surface area contributed by atoms with Crippen LogP contribution in [0, 0.1) is 12.3 Å². The van der Waals surface area contributed by atoms with Crippen LogP contribution in [0.4, 0.5) is 4.39 Å². The molecule has 1 aromatic carbocycles. The molecule has 0 radical (unpaired) electrons. The fraction of sp³-hybridized carbons (Fsp3) is 0.556. The predicted octanol–water partition coefficient (Wildman–Crippen LogP) is 4.52. The number of unbranched alkanes of at least 4 members (excludes halogenated alkanes) is 1. The number of benzene rings is 1. The standard InChI is InChI=1S/C18H26FN/c1-5-7-8-13-20(12-6-2)15-16-10-9-11-17(14-16)18(3,4)19/h1,9-11,14H,6-8,12-13,15H2,2-4H3. The molecule has 0 saturated heterocycles. The lowest BCUT2D eigenvalue weighted by Gasteiger charge is -2.22. The van der Waals surface area contributed by atoms with Gasteiger partial charge in [-0.25, -0.2) is 4.39 Å². The number of hydrogen-bond donors (Lipinski definition) is 0. The Morgan fingerprint density at radius 3 is 2.65 bits per heavy atom. The molecule has 20 heavy (non-hydrogen) atoms. The Labute approximate surface area is 123 Å². The summed E-state index contributed by atoms with van der Waals surface area (Å²) in [6.45, 7) is 8.29. The lowest BCUT2D eigenvalue weighted by molar-refractivity contribution is 0.220. The summed E-state index contributed by atoms with van der Waals surface area (Å²) < 4.78 is 14.0. The van der Waals surface area contributed by atoms with Gasteiger partial charge in [-0.3, -0.25) is 4.90 Å². The highest BCUT2D eigenvalue weighted by molar-refractivity contribution is 5.27. The monoisotopic (exact) mass is 275 g/mol. The van der Waals surface area contributed by atoms with Crippen molar-refractivity contribution in [1.82, 2.24) is 4.90 Å². The first kappa shape index (κ1) is 16.7. The number of nitrogens with zero attached hydrogens (tertiary/aromatic N) is 1. The fourth-order valence-electron chi connectivity index (χ4n) is 2.29. The zero-order chi connectivity index (χ0) is 15.0. The van der Waals surface area contributed by atoms with E-state index >= 15 is 0 Å². The summed E-state index contributed by atoms with van der Waals surface area (Å²) in [7, 11) is 0. The van der Waals surface area contributed by atoms with Crippen LogP contribution < -0.4 is 0 Å². The van der Waals surface area contributed by atoms with Gasteiger partial charge in [-0.2, -0.15) is 0 Å². The van der Waals surface area contributed by atoms with Crippen LogP contribution in [-0.4, -0.2) is 18.0 Å². The highest BCUT2D eigenvalue weighted by Crippen LogP contribution is 2.25. The van der Waals surface area contributed by atoms with Crippen LogP contribution in [0.15, 0.2) is 24.3 Å². The van der Waals surface area contributed by atoms with Gasteiger partial charge in [0.15, 0.2) is 0 Å². The molecule has 1 aromatic rings. The molecule has 0 fully saturated rings. The average Bonchev–Trinajstić information content (AvgIpc) is 2.38. The van der Waals surface area contributed by atoms with Crippen LogP contribution in [0.25, 0.3) is 0 Å². The molecular weight excluding hydrogens is 249 g/mol. The topological polar surface area (TPSA) is 3.24 Å². The molecule has 110 valence electrons. The second-order valence-electron chi connectivity index (χ2n) is 5.76. The summed E-state index contributed by atoms with van der Waals surface area (Å²) in [5.74, 6) is 2.68. The molecule has 0 atom stereocenters. The van der Waals surface area contributed by atoms with E-state index in [4.69, 9.17) is 6.42 Å². The van der Waals surface area contributed by atoms with Gasteiger partial charge in [-0.1, -0.05) is 31.2 Å². The second kappa shape index (κ2) is 8.07. The van der Waals surface area contributed by atoms with E-state index in [0.29, 0.717) is 0 Å². The van der Waals surface area contributed by atoms with Gasteiger partial charge in [-0.15, -0.1) is 12.3 Å². The van der Waals surface area contributed by atoms with Gasteiger partial charge in [-0.05, 0) is 50.9 Å². The van der Waals surface area contributed by atoms with Crippen molar-refractivity contribution in [2.75, 3.05) is 13.1 Å². The van der Waals surface area contributed by atoms with Gasteiger partial charge in [0, 0.05) is 13.0 Å². The lowest BCUT2D eigenvalue weighted by Crippen LogP contribution is -2.25. The molecule has 0 aliphatic carbocycles. The minimum absolute atomic E-state index is 0.745. The summed E-state index contributed by atoms with van der Waals surface area (Å²) in [6, 6.07) is 7.84. The van der Waals surface area contributed by atoms with Crippen molar-refractivity contribution in [2.45, 2.75) is 52.2 Å². The molecule has 1 rings (SSSR count). The molecule has 0 N–H and O–H groups in total. The Hall–Kier alpha value is -1.33. The number of alkyl halides is 1. The summed E-state index contributed by atoms with van der Waals surface area (Å²) in [6.07, 6.45) is 8.25. The van der Waals surface area contributed by atoms with Crippen LogP contribution in [0.2, 0.25) is 0 Å². The summed E-state index contributed by atoms with van der Waals surface area (Å²) in [5.41, 5.74) is 0.632. The Morgan fingerprint density at radius 1 is 1.30 bits per heavy atom. The van der Waals surface area contributed by atoms with Crippen molar-refractivity contribution in [3.8, 4) is 12.3 Å². The average molecular weight is 275 g/mol. The quantitative estimate of drug-likeness (QED) is 0.498. The number of rotatable bonds is 8. The van der Waals surface area contributed by atoms with Crippen molar-refractivity contribution in [2.24, 2.45) is 0 Å². The van der Waals surface area contributed by atoms with Gasteiger partial charge < -0.3 is 0 Å². The summed E-state index contributed by atoms with van der Waals surface area (Å²) >= 11 is 0. The third-order valence-electron chi connectivity index (χ3n) is 3.35. The maximum atomic E-state index is 14.0. The summed E-state index contributed by atoms with van der Waals surface area (Å²) in [5, 5.41) is 0. The van der Waals surface area contributed by atoms with E-state index in [2.05, 4.69) is 23.8 Å². The Morgan fingerprint density at radius 2 is 2.05 bits per heavy atom. The fourth-order valence-corrected chi connectivity index (χ4v) is 2.29. The lowest BCUT2D eigenvalue weighted by atomic mass is 9.98. The molecule has 0 aliphatic heterocycles. The van der Waals surface area contributed by atoms with Crippen molar-refractivity contribution in [3.63, 3.8) is 0 Å². The molecule has 0 spiro atoms. The highest BCUT2D eigenvalue weighted by Gasteiger charge is 2.18. The van der Waals surface area contributed by atoms with Crippen molar-refractivity contribution < 1.29 is 4.39 Å². The Bertz CT molecular complexity index is 439. The third kappa shape index (κ3) is 5.75. The van der Waals surface area contributed by atoms with Gasteiger partial charge in [0.2, 0.25) is 0 Å². The van der Waals surface area contributed by atoms with E-state index in [1.807, 2.05) is 18.2 Å². The Kier molecular flexibility index (Phi) is 6.75. The van der Waals surface area contributed by atoms with Crippen molar-refractivity contribution in [1.29, 1.82) is 0 Å². The molecule has 0 heterocycles. The van der Waals surface area contributed by atoms with Crippen LogP contribution >= 0.6 is 0 Å². The van der Waals surface area contributed by atoms with Crippen LogP contribution in [0.5, 0.6) is 0 Å². The Balaban J connectivity index is 2.70. The largest absolute Gasteiger partial charge is 0.299 e. The van der Waals surface area contributed by atoms with E-state index < -0.39 is 5.67 Å². The smallest absolute Gasteiger partial charge is 0.130 e. The summed E-state index contributed by atoms with van der Waals surface area (Å²) in [4.78, 5) is 2.39.